The third-order valence-electron chi connectivity index (χ3n) is 5.39. The van der Waals surface area contributed by atoms with E-state index in [1.807, 2.05) is 19.9 Å². The second-order valence-corrected chi connectivity index (χ2v) is 9.47. The van der Waals surface area contributed by atoms with Gasteiger partial charge in [-0.25, -0.2) is 8.42 Å². The monoisotopic (exact) mass is 400 g/mol. The van der Waals surface area contributed by atoms with Crippen molar-refractivity contribution in [3.05, 3.63) is 58.7 Å². The molecule has 1 aliphatic rings. The molecule has 0 saturated heterocycles. The molecule has 2 aromatic carbocycles. The maximum absolute atomic E-state index is 13.0. The fraction of sp³-hybridized carbons (Fsp3) is 0.409. The molecule has 0 radical (unpaired) electrons. The van der Waals surface area contributed by atoms with Crippen molar-refractivity contribution in [1.29, 1.82) is 0 Å². The van der Waals surface area contributed by atoms with Gasteiger partial charge >= 0.3 is 0 Å². The third-order valence-corrected chi connectivity index (χ3v) is 6.91. The van der Waals surface area contributed by atoms with Crippen molar-refractivity contribution in [2.45, 2.75) is 57.4 Å². The van der Waals surface area contributed by atoms with Crippen LogP contribution in [0.4, 0.5) is 5.69 Å². The van der Waals surface area contributed by atoms with Gasteiger partial charge in [0, 0.05) is 24.3 Å². The van der Waals surface area contributed by atoms with Crippen LogP contribution in [0.5, 0.6) is 0 Å². The second-order valence-electron chi connectivity index (χ2n) is 7.82. The zero-order valence-corrected chi connectivity index (χ0v) is 17.8. The van der Waals surface area contributed by atoms with E-state index < -0.39 is 10.0 Å². The van der Waals surface area contributed by atoms with E-state index >= 15 is 0 Å². The molecule has 0 aromatic heterocycles. The molecular weight excluding hydrogens is 372 g/mol. The molecule has 150 valence electrons. The molecule has 0 atom stereocenters. The van der Waals surface area contributed by atoms with Crippen LogP contribution in [0.3, 0.4) is 0 Å². The van der Waals surface area contributed by atoms with Crippen LogP contribution in [0.25, 0.3) is 0 Å². The highest BCUT2D eigenvalue weighted by atomic mass is 32.2. The van der Waals surface area contributed by atoms with Gasteiger partial charge in [0.1, 0.15) is 0 Å². The Kier molecular flexibility index (Phi) is 5.79. The Morgan fingerprint density at radius 3 is 2.21 bits per heavy atom. The Bertz CT molecular complexity index is 973. The minimum Gasteiger partial charge on any atom is -0.339 e. The van der Waals surface area contributed by atoms with Gasteiger partial charge in [-0.05, 0) is 74.6 Å². The van der Waals surface area contributed by atoms with Crippen molar-refractivity contribution in [2.24, 2.45) is 0 Å². The summed E-state index contributed by atoms with van der Waals surface area (Å²) >= 11 is 0. The maximum Gasteiger partial charge on any atom is 0.262 e. The van der Waals surface area contributed by atoms with E-state index in [2.05, 4.69) is 4.72 Å². The van der Waals surface area contributed by atoms with Crippen molar-refractivity contribution in [3.63, 3.8) is 0 Å². The summed E-state index contributed by atoms with van der Waals surface area (Å²) in [5.74, 6) is -0.130. The number of nitrogens with zero attached hydrogens (tertiary/aromatic N) is 1. The summed E-state index contributed by atoms with van der Waals surface area (Å²) in [5.41, 5.74) is 3.50. The van der Waals surface area contributed by atoms with Crippen molar-refractivity contribution in [3.8, 4) is 0 Å². The van der Waals surface area contributed by atoms with E-state index in [-0.39, 0.29) is 16.8 Å². The highest BCUT2D eigenvalue weighted by Crippen LogP contribution is 2.26. The lowest BCUT2D eigenvalue weighted by Gasteiger charge is -2.24. The van der Waals surface area contributed by atoms with Gasteiger partial charge in [0.2, 0.25) is 0 Å². The lowest BCUT2D eigenvalue weighted by atomic mass is 10.1. The molecule has 1 fully saturated rings. The van der Waals surface area contributed by atoms with Gasteiger partial charge in [-0.15, -0.1) is 0 Å². The summed E-state index contributed by atoms with van der Waals surface area (Å²) in [4.78, 5) is 14.8. The fourth-order valence-electron chi connectivity index (χ4n) is 3.93. The topological polar surface area (TPSA) is 66.5 Å². The third kappa shape index (κ3) is 4.38. The first kappa shape index (κ1) is 20.4. The molecule has 2 aromatic rings. The van der Waals surface area contributed by atoms with Gasteiger partial charge in [-0.1, -0.05) is 25.0 Å². The molecule has 0 aliphatic heterocycles. The van der Waals surface area contributed by atoms with Gasteiger partial charge < -0.3 is 4.90 Å². The molecule has 1 N–H and O–H groups in total. The van der Waals surface area contributed by atoms with E-state index in [9.17, 15) is 13.2 Å². The molecule has 1 saturated carbocycles. The molecule has 1 aliphatic carbocycles. The number of carbonyl (C=O) groups is 1. The Balaban J connectivity index is 1.90. The number of carbonyl (C=O) groups excluding carboxylic acids is 1. The summed E-state index contributed by atoms with van der Waals surface area (Å²) in [6, 6.07) is 10.7. The van der Waals surface area contributed by atoms with Crippen LogP contribution in [0.2, 0.25) is 0 Å². The average molecular weight is 401 g/mol. The van der Waals surface area contributed by atoms with Crippen LogP contribution in [0, 0.1) is 20.8 Å². The number of nitrogens with one attached hydrogen (secondary N) is 1. The van der Waals surface area contributed by atoms with E-state index in [1.165, 1.54) is 6.07 Å². The van der Waals surface area contributed by atoms with Gasteiger partial charge in [-0.3, -0.25) is 9.52 Å². The Morgan fingerprint density at radius 1 is 1.00 bits per heavy atom. The summed E-state index contributed by atoms with van der Waals surface area (Å²) in [5, 5.41) is 0. The van der Waals surface area contributed by atoms with Crippen molar-refractivity contribution < 1.29 is 13.2 Å². The summed E-state index contributed by atoms with van der Waals surface area (Å²) in [6.45, 7) is 5.59. The van der Waals surface area contributed by atoms with E-state index in [1.54, 1.807) is 43.1 Å². The number of anilines is 1. The van der Waals surface area contributed by atoms with Gasteiger partial charge in [-0.2, -0.15) is 0 Å². The smallest absolute Gasteiger partial charge is 0.262 e. The number of hydrogen-bond donors (Lipinski definition) is 1. The Hall–Kier alpha value is -2.34. The molecule has 0 unspecified atom stereocenters. The van der Waals surface area contributed by atoms with Crippen molar-refractivity contribution in [2.75, 3.05) is 11.8 Å². The van der Waals surface area contributed by atoms with Crippen LogP contribution in [0.1, 0.15) is 52.7 Å². The van der Waals surface area contributed by atoms with E-state index in [4.69, 9.17) is 0 Å². The normalized spacial score (nSPS) is 14.9. The highest BCUT2D eigenvalue weighted by molar-refractivity contribution is 7.92. The zero-order valence-electron chi connectivity index (χ0n) is 17.0. The molecule has 1 amide bonds. The van der Waals surface area contributed by atoms with E-state index in [0.717, 1.165) is 36.8 Å². The largest absolute Gasteiger partial charge is 0.339 e. The minimum absolute atomic E-state index is 0.130. The number of sulfonamides is 1. The standard InChI is InChI=1S/C22H28N2O3S/c1-15-11-16(2)13-19(12-15)23-28(26,27)21-14-18(10-9-17(21)3)22(25)24(4)20-7-5-6-8-20/h9-14,20,23H,5-8H2,1-4H3. The minimum atomic E-state index is -3.80. The van der Waals surface area contributed by atoms with Gasteiger partial charge in [0.05, 0.1) is 4.90 Å². The van der Waals surface area contributed by atoms with Gasteiger partial charge in [0.25, 0.3) is 15.9 Å². The first-order valence-corrected chi connectivity index (χ1v) is 11.1. The van der Waals surface area contributed by atoms with E-state index in [0.29, 0.717) is 16.8 Å². The number of benzene rings is 2. The molecule has 6 heteroatoms. The quantitative estimate of drug-likeness (QED) is 0.807. The maximum atomic E-state index is 13.0. The number of amides is 1. The van der Waals surface area contributed by atoms with Crippen molar-refractivity contribution >= 4 is 21.6 Å². The first-order chi connectivity index (χ1) is 13.2. The number of rotatable bonds is 5. The molecule has 0 heterocycles. The van der Waals surface area contributed by atoms with Crippen LogP contribution in [0.15, 0.2) is 41.3 Å². The molecule has 0 spiro atoms. The summed E-state index contributed by atoms with van der Waals surface area (Å²) in [6.07, 6.45) is 4.28. The predicted octanol–water partition coefficient (Wildman–Crippen LogP) is 4.43. The Labute approximate surface area is 167 Å². The van der Waals surface area contributed by atoms with Crippen LogP contribution < -0.4 is 4.72 Å². The lowest BCUT2D eigenvalue weighted by molar-refractivity contribution is 0.0735. The highest BCUT2D eigenvalue weighted by Gasteiger charge is 2.26. The van der Waals surface area contributed by atoms with Gasteiger partial charge in [0.15, 0.2) is 0 Å². The summed E-state index contributed by atoms with van der Waals surface area (Å²) < 4.78 is 28.7. The average Bonchev–Trinajstić information content (AvgIpc) is 3.14. The molecule has 0 bridgehead atoms. The zero-order chi connectivity index (χ0) is 20.5. The van der Waals surface area contributed by atoms with Crippen LogP contribution in [-0.2, 0) is 10.0 Å². The molecule has 5 nitrogen and oxygen atoms in total. The molecule has 3 rings (SSSR count). The lowest BCUT2D eigenvalue weighted by Crippen LogP contribution is -2.35. The SMILES string of the molecule is Cc1cc(C)cc(NS(=O)(=O)c2cc(C(=O)N(C)C3CCCC3)ccc2C)c1. The van der Waals surface area contributed by atoms with Crippen LogP contribution in [-0.4, -0.2) is 32.3 Å². The van der Waals surface area contributed by atoms with Crippen molar-refractivity contribution in [1.82, 2.24) is 4.90 Å². The first-order valence-electron chi connectivity index (χ1n) is 9.66. The number of aryl methyl sites for hydroxylation is 3. The fourth-order valence-corrected chi connectivity index (χ4v) is 5.24. The summed E-state index contributed by atoms with van der Waals surface area (Å²) in [7, 11) is -1.99. The molecular formula is C22H28N2O3S. The predicted molar refractivity (Wildman–Crippen MR) is 112 cm³/mol. The Morgan fingerprint density at radius 2 is 1.61 bits per heavy atom. The number of hydrogen-bond acceptors (Lipinski definition) is 3. The second kappa shape index (κ2) is 7.95. The van der Waals surface area contributed by atoms with Crippen LogP contribution >= 0.6 is 0 Å². The molecule has 28 heavy (non-hydrogen) atoms.